The number of methoxy groups -OCH3 is 2. The monoisotopic (exact) mass is 470 g/mol. The summed E-state index contributed by atoms with van der Waals surface area (Å²) >= 11 is 5.95. The van der Waals surface area contributed by atoms with E-state index < -0.39 is 6.04 Å². The number of hydrogen-bond acceptors (Lipinski definition) is 4. The lowest BCUT2D eigenvalue weighted by molar-refractivity contribution is 0.144. The molecule has 0 saturated heterocycles. The molecule has 1 heterocycles. The fourth-order valence-corrected chi connectivity index (χ4v) is 4.01. The van der Waals surface area contributed by atoms with Crippen LogP contribution in [0.25, 0.3) is 0 Å². The summed E-state index contributed by atoms with van der Waals surface area (Å²) in [5.41, 5.74) is 2.60. The van der Waals surface area contributed by atoms with Crippen LogP contribution in [0.4, 0.5) is 14.9 Å². The average molecular weight is 471 g/mol. The summed E-state index contributed by atoms with van der Waals surface area (Å²) in [6, 6.07) is 15.9. The maximum absolute atomic E-state index is 13.3. The number of fused-ring (bicyclic) bond motifs is 1. The number of amides is 2. The summed E-state index contributed by atoms with van der Waals surface area (Å²) < 4.78 is 30.2. The third kappa shape index (κ3) is 5.14. The molecule has 4 rings (SSSR count). The predicted octanol–water partition coefficient (Wildman–Crippen LogP) is 5.71. The van der Waals surface area contributed by atoms with Crippen LogP contribution in [-0.2, 0) is 6.42 Å². The summed E-state index contributed by atoms with van der Waals surface area (Å²) in [6.07, 6.45) is 0.650. The minimum absolute atomic E-state index is 0.183. The molecule has 0 fully saturated rings. The molecule has 1 atom stereocenters. The second kappa shape index (κ2) is 10.0. The van der Waals surface area contributed by atoms with Gasteiger partial charge in [0.25, 0.3) is 0 Å². The molecule has 2 amide bonds. The van der Waals surface area contributed by atoms with Crippen LogP contribution in [0.3, 0.4) is 0 Å². The molecule has 0 spiro atoms. The minimum atomic E-state index is -0.397. The van der Waals surface area contributed by atoms with Crippen LogP contribution in [0.15, 0.2) is 60.7 Å². The first-order chi connectivity index (χ1) is 16.0. The Morgan fingerprint density at radius 3 is 2.39 bits per heavy atom. The molecule has 0 aromatic heterocycles. The van der Waals surface area contributed by atoms with Gasteiger partial charge in [-0.3, -0.25) is 0 Å². The SMILES string of the molecule is COc1cc2c(cc1OC)C(COc1ccc(F)cc1)N(C(=O)Nc1ccc(Cl)cc1)CC2. The number of nitrogens with one attached hydrogen (secondary N) is 1. The van der Waals surface area contributed by atoms with E-state index in [0.717, 1.165) is 11.1 Å². The Morgan fingerprint density at radius 1 is 1.06 bits per heavy atom. The van der Waals surface area contributed by atoms with Gasteiger partial charge in [0.1, 0.15) is 18.2 Å². The smallest absolute Gasteiger partial charge is 0.322 e. The number of nitrogens with zero attached hydrogens (tertiary/aromatic N) is 1. The highest BCUT2D eigenvalue weighted by atomic mass is 35.5. The van der Waals surface area contributed by atoms with Crippen LogP contribution in [0.5, 0.6) is 17.2 Å². The zero-order valence-electron chi connectivity index (χ0n) is 18.3. The van der Waals surface area contributed by atoms with Gasteiger partial charge in [0.2, 0.25) is 0 Å². The largest absolute Gasteiger partial charge is 0.493 e. The molecule has 1 aliphatic rings. The van der Waals surface area contributed by atoms with E-state index in [4.69, 9.17) is 25.8 Å². The van der Waals surface area contributed by atoms with Crippen molar-refractivity contribution in [3.8, 4) is 17.2 Å². The Balaban J connectivity index is 1.63. The van der Waals surface area contributed by atoms with Gasteiger partial charge >= 0.3 is 6.03 Å². The molecule has 1 N–H and O–H groups in total. The van der Waals surface area contributed by atoms with Gasteiger partial charge in [-0.25, -0.2) is 9.18 Å². The number of ether oxygens (including phenoxy) is 3. The molecule has 0 saturated carbocycles. The molecule has 0 bridgehead atoms. The zero-order valence-corrected chi connectivity index (χ0v) is 19.1. The fourth-order valence-electron chi connectivity index (χ4n) is 3.89. The van der Waals surface area contributed by atoms with Gasteiger partial charge in [-0.05, 0) is 78.2 Å². The summed E-state index contributed by atoms with van der Waals surface area (Å²) in [5, 5.41) is 3.51. The Labute approximate surface area is 196 Å². The third-order valence-corrected chi connectivity index (χ3v) is 5.83. The first-order valence-corrected chi connectivity index (χ1v) is 10.8. The Kier molecular flexibility index (Phi) is 6.89. The summed E-state index contributed by atoms with van der Waals surface area (Å²) in [5.74, 6) is 1.38. The normalized spacial score (nSPS) is 14.9. The standard InChI is InChI=1S/C25H24ClFN2O4/c1-31-23-13-16-11-12-29(25(30)28-19-7-3-17(26)4-8-19)22(21(16)14-24(23)32-2)15-33-20-9-5-18(27)6-10-20/h3-10,13-14,22H,11-12,15H2,1-2H3,(H,28,30). The number of urea groups is 1. The van der Waals surface area contributed by atoms with Crippen molar-refractivity contribution >= 4 is 23.3 Å². The van der Waals surface area contributed by atoms with E-state index in [1.54, 1.807) is 55.5 Å². The number of halogens is 2. The van der Waals surface area contributed by atoms with E-state index in [-0.39, 0.29) is 18.5 Å². The molecule has 8 heteroatoms. The molecule has 3 aromatic carbocycles. The Hall–Kier alpha value is -3.45. The number of hydrogen-bond donors (Lipinski definition) is 1. The van der Waals surface area contributed by atoms with Gasteiger partial charge in [0, 0.05) is 17.3 Å². The Morgan fingerprint density at radius 2 is 1.73 bits per heavy atom. The topological polar surface area (TPSA) is 60.0 Å². The van der Waals surface area contributed by atoms with Crippen molar-refractivity contribution in [3.05, 3.63) is 82.6 Å². The molecule has 1 aliphatic heterocycles. The van der Waals surface area contributed by atoms with Crippen LogP contribution < -0.4 is 19.5 Å². The van der Waals surface area contributed by atoms with E-state index in [0.29, 0.717) is 40.9 Å². The molecule has 1 unspecified atom stereocenters. The van der Waals surface area contributed by atoms with E-state index in [9.17, 15) is 9.18 Å². The van der Waals surface area contributed by atoms with E-state index >= 15 is 0 Å². The third-order valence-electron chi connectivity index (χ3n) is 5.58. The van der Waals surface area contributed by atoms with Crippen molar-refractivity contribution in [2.75, 3.05) is 32.7 Å². The van der Waals surface area contributed by atoms with Gasteiger partial charge in [-0.1, -0.05) is 11.6 Å². The Bertz CT molecular complexity index is 1120. The predicted molar refractivity (Wildman–Crippen MR) is 125 cm³/mol. The van der Waals surface area contributed by atoms with Gasteiger partial charge in [0.15, 0.2) is 11.5 Å². The van der Waals surface area contributed by atoms with Gasteiger partial charge < -0.3 is 24.4 Å². The molecule has 0 radical (unpaired) electrons. The van der Waals surface area contributed by atoms with Crippen LogP contribution in [0, 0.1) is 5.82 Å². The van der Waals surface area contributed by atoms with Crippen molar-refractivity contribution in [1.82, 2.24) is 4.90 Å². The lowest BCUT2D eigenvalue weighted by atomic mass is 9.92. The highest BCUT2D eigenvalue weighted by Gasteiger charge is 2.33. The number of benzene rings is 3. The molecule has 3 aromatic rings. The molecule has 6 nitrogen and oxygen atoms in total. The molecular weight excluding hydrogens is 447 g/mol. The van der Waals surface area contributed by atoms with Crippen molar-refractivity contribution in [1.29, 1.82) is 0 Å². The number of anilines is 1. The molecular formula is C25H24ClFN2O4. The van der Waals surface area contributed by atoms with Crippen LogP contribution in [0.1, 0.15) is 17.2 Å². The van der Waals surface area contributed by atoms with Gasteiger partial charge in [0.05, 0.1) is 20.3 Å². The average Bonchev–Trinajstić information content (AvgIpc) is 2.83. The van der Waals surface area contributed by atoms with E-state index in [1.807, 2.05) is 12.1 Å². The van der Waals surface area contributed by atoms with Crippen molar-refractivity contribution in [2.45, 2.75) is 12.5 Å². The lowest BCUT2D eigenvalue weighted by Crippen LogP contribution is -2.44. The summed E-state index contributed by atoms with van der Waals surface area (Å²) in [6.45, 7) is 0.668. The van der Waals surface area contributed by atoms with Crippen LogP contribution >= 0.6 is 11.6 Å². The minimum Gasteiger partial charge on any atom is -0.493 e. The molecule has 0 aliphatic carbocycles. The zero-order chi connectivity index (χ0) is 23.4. The first-order valence-electron chi connectivity index (χ1n) is 10.4. The highest BCUT2D eigenvalue weighted by molar-refractivity contribution is 6.30. The van der Waals surface area contributed by atoms with Gasteiger partial charge in [-0.15, -0.1) is 0 Å². The number of carbonyl (C=O) groups excluding carboxylic acids is 1. The van der Waals surface area contributed by atoms with Crippen LogP contribution in [-0.4, -0.2) is 38.3 Å². The second-order valence-corrected chi connectivity index (χ2v) is 8.00. The van der Waals surface area contributed by atoms with E-state index in [2.05, 4.69) is 5.32 Å². The maximum Gasteiger partial charge on any atom is 0.322 e. The van der Waals surface area contributed by atoms with Gasteiger partial charge in [-0.2, -0.15) is 0 Å². The van der Waals surface area contributed by atoms with E-state index in [1.165, 1.54) is 12.1 Å². The van der Waals surface area contributed by atoms with Crippen molar-refractivity contribution in [2.24, 2.45) is 0 Å². The number of rotatable bonds is 6. The molecule has 33 heavy (non-hydrogen) atoms. The second-order valence-electron chi connectivity index (χ2n) is 7.57. The maximum atomic E-state index is 13.3. The summed E-state index contributed by atoms with van der Waals surface area (Å²) in [7, 11) is 3.16. The fraction of sp³-hybridized carbons (Fsp3) is 0.240. The van der Waals surface area contributed by atoms with Crippen molar-refractivity contribution in [3.63, 3.8) is 0 Å². The first kappa shape index (κ1) is 22.7. The quantitative estimate of drug-likeness (QED) is 0.501. The lowest BCUT2D eigenvalue weighted by Gasteiger charge is -2.37. The molecule has 172 valence electrons. The summed E-state index contributed by atoms with van der Waals surface area (Å²) in [4.78, 5) is 15.0. The highest BCUT2D eigenvalue weighted by Crippen LogP contribution is 2.38. The van der Waals surface area contributed by atoms with Crippen LogP contribution in [0.2, 0.25) is 5.02 Å². The van der Waals surface area contributed by atoms with Crippen molar-refractivity contribution < 1.29 is 23.4 Å². The number of carbonyl (C=O) groups is 1.